The van der Waals surface area contributed by atoms with Crippen molar-refractivity contribution in [2.45, 2.75) is 6.61 Å². The molecule has 0 saturated heterocycles. The Morgan fingerprint density at radius 1 is 1.20 bits per heavy atom. The van der Waals surface area contributed by atoms with Crippen LogP contribution in [-0.4, -0.2) is 0 Å². The van der Waals surface area contributed by atoms with E-state index in [-0.39, 0.29) is 0 Å². The number of ether oxygens (including phenoxy) is 1. The molecule has 1 aromatic carbocycles. The number of rotatable bonds is 3. The minimum Gasteiger partial charge on any atom is -0.487 e. The molecular formula is C11H8BrIOS. The monoisotopic (exact) mass is 394 g/mol. The Balaban J connectivity index is 2.02. The lowest BCUT2D eigenvalue weighted by Gasteiger charge is -2.05. The predicted molar refractivity (Wildman–Crippen MR) is 75.5 cm³/mol. The fourth-order valence-electron chi connectivity index (χ4n) is 1.14. The van der Waals surface area contributed by atoms with Gasteiger partial charge in [0, 0.05) is 4.88 Å². The predicted octanol–water partition coefficient (Wildman–Crippen LogP) is 4.69. The van der Waals surface area contributed by atoms with Crippen molar-refractivity contribution in [2.75, 3.05) is 0 Å². The van der Waals surface area contributed by atoms with Gasteiger partial charge in [0.25, 0.3) is 0 Å². The standard InChI is InChI=1S/C11H8BrIOS/c12-11-6-5-8(15-11)7-14-10-4-2-1-3-9(10)13/h1-6H,7H2. The molecule has 2 aromatic rings. The molecule has 0 atom stereocenters. The maximum absolute atomic E-state index is 5.72. The van der Waals surface area contributed by atoms with Crippen LogP contribution in [0.4, 0.5) is 0 Å². The Morgan fingerprint density at radius 2 is 2.00 bits per heavy atom. The normalized spacial score (nSPS) is 10.3. The second-order valence-corrected chi connectivity index (χ2v) is 6.63. The molecule has 0 aliphatic rings. The van der Waals surface area contributed by atoms with Crippen molar-refractivity contribution in [3.63, 3.8) is 0 Å². The summed E-state index contributed by atoms with van der Waals surface area (Å²) in [6.45, 7) is 0.635. The Morgan fingerprint density at radius 3 is 2.67 bits per heavy atom. The van der Waals surface area contributed by atoms with E-state index < -0.39 is 0 Å². The molecule has 0 bridgehead atoms. The Labute approximate surface area is 115 Å². The van der Waals surface area contributed by atoms with Gasteiger partial charge in [-0.3, -0.25) is 0 Å². The van der Waals surface area contributed by atoms with Crippen LogP contribution < -0.4 is 4.74 Å². The molecule has 0 spiro atoms. The minimum absolute atomic E-state index is 0.635. The van der Waals surface area contributed by atoms with Crippen LogP contribution in [0.3, 0.4) is 0 Å². The van der Waals surface area contributed by atoms with Crippen molar-refractivity contribution < 1.29 is 4.74 Å². The van der Waals surface area contributed by atoms with Crippen LogP contribution in [-0.2, 0) is 6.61 Å². The van der Waals surface area contributed by atoms with E-state index in [2.05, 4.69) is 44.6 Å². The Bertz CT molecular complexity index is 455. The van der Waals surface area contributed by atoms with Crippen LogP contribution in [0.1, 0.15) is 4.88 Å². The summed E-state index contributed by atoms with van der Waals surface area (Å²) in [4.78, 5) is 1.22. The first kappa shape index (κ1) is 11.4. The minimum atomic E-state index is 0.635. The molecule has 0 saturated carbocycles. The van der Waals surface area contributed by atoms with E-state index in [0.717, 1.165) is 13.1 Å². The van der Waals surface area contributed by atoms with Crippen molar-refractivity contribution in [3.05, 3.63) is 48.6 Å². The molecule has 1 nitrogen and oxygen atoms in total. The maximum atomic E-state index is 5.72. The van der Waals surface area contributed by atoms with Gasteiger partial charge in [-0.05, 0) is 62.8 Å². The van der Waals surface area contributed by atoms with E-state index in [4.69, 9.17) is 4.74 Å². The first-order valence-electron chi connectivity index (χ1n) is 4.37. The molecule has 0 radical (unpaired) electrons. The second kappa shape index (κ2) is 5.32. The molecule has 2 rings (SSSR count). The fraction of sp³-hybridized carbons (Fsp3) is 0.0909. The lowest BCUT2D eigenvalue weighted by Crippen LogP contribution is -1.94. The summed E-state index contributed by atoms with van der Waals surface area (Å²) >= 11 is 7.41. The van der Waals surface area contributed by atoms with Gasteiger partial charge in [-0.25, -0.2) is 0 Å². The largest absolute Gasteiger partial charge is 0.487 e. The Hall–Kier alpha value is -0.0700. The van der Waals surface area contributed by atoms with E-state index in [1.807, 2.05) is 30.3 Å². The molecule has 0 unspecified atom stereocenters. The third-order valence-corrected chi connectivity index (χ3v) is 4.32. The molecule has 4 heteroatoms. The quantitative estimate of drug-likeness (QED) is 0.686. The van der Waals surface area contributed by atoms with E-state index in [1.54, 1.807) is 11.3 Å². The first-order chi connectivity index (χ1) is 7.25. The molecule has 78 valence electrons. The summed E-state index contributed by atoms with van der Waals surface area (Å²) in [6, 6.07) is 12.1. The molecule has 1 aromatic heterocycles. The third kappa shape index (κ3) is 3.19. The van der Waals surface area contributed by atoms with Crippen molar-refractivity contribution in [2.24, 2.45) is 0 Å². The number of benzene rings is 1. The summed E-state index contributed by atoms with van der Waals surface area (Å²) in [7, 11) is 0. The summed E-state index contributed by atoms with van der Waals surface area (Å²) < 4.78 is 8.00. The molecule has 0 aliphatic heterocycles. The highest BCUT2D eigenvalue weighted by molar-refractivity contribution is 14.1. The van der Waals surface area contributed by atoms with Crippen LogP contribution in [0.2, 0.25) is 0 Å². The average Bonchev–Trinajstić information content (AvgIpc) is 2.63. The highest BCUT2D eigenvalue weighted by Crippen LogP contribution is 2.25. The van der Waals surface area contributed by atoms with Crippen LogP contribution in [0, 0.1) is 3.57 Å². The van der Waals surface area contributed by atoms with Crippen LogP contribution >= 0.6 is 49.9 Å². The lowest BCUT2D eigenvalue weighted by atomic mass is 10.3. The molecule has 0 aliphatic carbocycles. The summed E-state index contributed by atoms with van der Waals surface area (Å²) in [5.41, 5.74) is 0. The van der Waals surface area contributed by atoms with Gasteiger partial charge in [0.1, 0.15) is 12.4 Å². The summed E-state index contributed by atoms with van der Waals surface area (Å²) in [6.07, 6.45) is 0. The van der Waals surface area contributed by atoms with E-state index in [1.165, 1.54) is 4.88 Å². The topological polar surface area (TPSA) is 9.23 Å². The van der Waals surface area contributed by atoms with E-state index >= 15 is 0 Å². The zero-order valence-electron chi connectivity index (χ0n) is 7.74. The smallest absolute Gasteiger partial charge is 0.133 e. The van der Waals surface area contributed by atoms with Gasteiger partial charge in [-0.1, -0.05) is 12.1 Å². The van der Waals surface area contributed by atoms with E-state index in [0.29, 0.717) is 6.61 Å². The Kier molecular flexibility index (Phi) is 4.05. The zero-order chi connectivity index (χ0) is 10.7. The maximum Gasteiger partial charge on any atom is 0.133 e. The van der Waals surface area contributed by atoms with Gasteiger partial charge in [-0.2, -0.15) is 0 Å². The molecule has 0 fully saturated rings. The number of hydrogen-bond donors (Lipinski definition) is 0. The third-order valence-electron chi connectivity index (χ3n) is 1.84. The summed E-state index contributed by atoms with van der Waals surface area (Å²) in [5, 5.41) is 0. The van der Waals surface area contributed by atoms with Gasteiger partial charge >= 0.3 is 0 Å². The van der Waals surface area contributed by atoms with Gasteiger partial charge in [0.2, 0.25) is 0 Å². The summed E-state index contributed by atoms with van der Waals surface area (Å²) in [5.74, 6) is 0.947. The van der Waals surface area contributed by atoms with Crippen molar-refractivity contribution in [1.82, 2.24) is 0 Å². The SMILES string of the molecule is Brc1ccc(COc2ccccc2I)s1. The van der Waals surface area contributed by atoms with Crippen molar-refractivity contribution >= 4 is 49.9 Å². The number of halogens is 2. The first-order valence-corrected chi connectivity index (χ1v) is 7.06. The van der Waals surface area contributed by atoms with Crippen LogP contribution in [0.15, 0.2) is 40.2 Å². The van der Waals surface area contributed by atoms with Crippen LogP contribution in [0.5, 0.6) is 5.75 Å². The van der Waals surface area contributed by atoms with Crippen molar-refractivity contribution in [3.8, 4) is 5.75 Å². The average molecular weight is 395 g/mol. The van der Waals surface area contributed by atoms with Gasteiger partial charge in [-0.15, -0.1) is 11.3 Å². The van der Waals surface area contributed by atoms with Gasteiger partial charge < -0.3 is 4.74 Å². The molecular weight excluding hydrogens is 387 g/mol. The molecule has 0 amide bonds. The zero-order valence-corrected chi connectivity index (χ0v) is 12.3. The van der Waals surface area contributed by atoms with E-state index in [9.17, 15) is 0 Å². The number of hydrogen-bond acceptors (Lipinski definition) is 2. The van der Waals surface area contributed by atoms with Crippen molar-refractivity contribution in [1.29, 1.82) is 0 Å². The lowest BCUT2D eigenvalue weighted by molar-refractivity contribution is 0.307. The molecule has 0 N–H and O–H groups in total. The highest BCUT2D eigenvalue weighted by Gasteiger charge is 2.01. The number of para-hydroxylation sites is 1. The fourth-order valence-corrected chi connectivity index (χ4v) is 3.08. The highest BCUT2D eigenvalue weighted by atomic mass is 127. The van der Waals surface area contributed by atoms with Gasteiger partial charge in [0.05, 0.1) is 7.36 Å². The molecule has 15 heavy (non-hydrogen) atoms. The van der Waals surface area contributed by atoms with Gasteiger partial charge in [0.15, 0.2) is 0 Å². The van der Waals surface area contributed by atoms with Crippen LogP contribution in [0.25, 0.3) is 0 Å². The molecule has 1 heterocycles. The second-order valence-electron chi connectivity index (χ2n) is 2.92. The number of thiophene rings is 1.